The van der Waals surface area contributed by atoms with E-state index in [2.05, 4.69) is 24.4 Å². The third-order valence-corrected chi connectivity index (χ3v) is 5.16. The van der Waals surface area contributed by atoms with Crippen LogP contribution in [0.3, 0.4) is 0 Å². The summed E-state index contributed by atoms with van der Waals surface area (Å²) in [5, 5.41) is 2.91. The number of aryl methyl sites for hydroxylation is 2. The number of rotatable bonds is 6. The highest BCUT2D eigenvalue weighted by Crippen LogP contribution is 2.16. The molecule has 5 nitrogen and oxygen atoms in total. The zero-order valence-corrected chi connectivity index (χ0v) is 16.6. The summed E-state index contributed by atoms with van der Waals surface area (Å²) in [6, 6.07) is 15.5. The molecule has 1 aliphatic rings. The molecule has 1 heterocycles. The van der Waals surface area contributed by atoms with E-state index >= 15 is 0 Å². The summed E-state index contributed by atoms with van der Waals surface area (Å²) in [6.45, 7) is 5.84. The normalized spacial score (nSPS) is 16.6. The monoisotopic (exact) mass is 380 g/mol. The minimum absolute atomic E-state index is 0.00513. The van der Waals surface area contributed by atoms with Gasteiger partial charge in [0.2, 0.25) is 5.91 Å². The van der Waals surface area contributed by atoms with Crippen LogP contribution < -0.4 is 5.32 Å². The lowest BCUT2D eigenvalue weighted by Gasteiger charge is -2.33. The summed E-state index contributed by atoms with van der Waals surface area (Å²) in [7, 11) is 0. The van der Waals surface area contributed by atoms with Crippen molar-refractivity contribution in [2.24, 2.45) is 0 Å². The van der Waals surface area contributed by atoms with E-state index in [4.69, 9.17) is 4.74 Å². The number of benzene rings is 2. The van der Waals surface area contributed by atoms with Crippen molar-refractivity contribution in [2.75, 3.05) is 25.1 Å². The molecule has 0 saturated carbocycles. The molecule has 148 valence electrons. The predicted octanol–water partition coefficient (Wildman–Crippen LogP) is 3.82. The highest BCUT2D eigenvalue weighted by molar-refractivity contribution is 5.96. The zero-order chi connectivity index (χ0) is 19.9. The first kappa shape index (κ1) is 20.1. The van der Waals surface area contributed by atoms with Crippen LogP contribution in [-0.4, -0.2) is 42.5 Å². The largest absolute Gasteiger partial charge is 0.377 e. The van der Waals surface area contributed by atoms with Crippen molar-refractivity contribution in [1.82, 2.24) is 4.90 Å². The van der Waals surface area contributed by atoms with Crippen molar-refractivity contribution in [1.29, 1.82) is 0 Å². The molecular formula is C23H28N2O3. The molecule has 0 radical (unpaired) electrons. The van der Waals surface area contributed by atoms with Gasteiger partial charge in [-0.05, 0) is 62.1 Å². The highest BCUT2D eigenvalue weighted by atomic mass is 16.5. The second-order valence-corrected chi connectivity index (χ2v) is 7.33. The van der Waals surface area contributed by atoms with Crippen molar-refractivity contribution in [3.05, 3.63) is 65.2 Å². The van der Waals surface area contributed by atoms with Crippen LogP contribution in [0, 0.1) is 6.92 Å². The number of morpholine rings is 1. The number of carbonyl (C=O) groups is 2. The van der Waals surface area contributed by atoms with Gasteiger partial charge >= 0.3 is 0 Å². The summed E-state index contributed by atoms with van der Waals surface area (Å²) in [4.78, 5) is 26.7. The van der Waals surface area contributed by atoms with Crippen molar-refractivity contribution in [3.8, 4) is 0 Å². The smallest absolute Gasteiger partial charge is 0.254 e. The lowest BCUT2D eigenvalue weighted by Crippen LogP contribution is -2.47. The molecule has 5 heteroatoms. The summed E-state index contributed by atoms with van der Waals surface area (Å²) in [5.41, 5.74) is 3.90. The van der Waals surface area contributed by atoms with Gasteiger partial charge in [0.15, 0.2) is 0 Å². The SMILES string of the molecule is Cc1ccccc1CCCC(=O)Nc1ccc(C(=O)N2CCOCC2C)cc1. The number of carbonyl (C=O) groups excluding carboxylic acids is 2. The van der Waals surface area contributed by atoms with Crippen molar-refractivity contribution in [2.45, 2.75) is 39.2 Å². The molecule has 1 saturated heterocycles. The van der Waals surface area contributed by atoms with Crippen LogP contribution >= 0.6 is 0 Å². The van der Waals surface area contributed by atoms with Gasteiger partial charge in [-0.3, -0.25) is 9.59 Å². The van der Waals surface area contributed by atoms with Crippen LogP contribution in [0.25, 0.3) is 0 Å². The maximum atomic E-state index is 12.6. The zero-order valence-electron chi connectivity index (χ0n) is 16.6. The van der Waals surface area contributed by atoms with Gasteiger partial charge < -0.3 is 15.0 Å². The molecule has 3 rings (SSSR count). The van der Waals surface area contributed by atoms with Gasteiger partial charge in [0.25, 0.3) is 5.91 Å². The van der Waals surface area contributed by atoms with Gasteiger partial charge in [-0.15, -0.1) is 0 Å². The maximum Gasteiger partial charge on any atom is 0.254 e. The molecule has 1 N–H and O–H groups in total. The van der Waals surface area contributed by atoms with Gasteiger partial charge in [-0.1, -0.05) is 24.3 Å². The molecule has 1 atom stereocenters. The molecule has 1 aliphatic heterocycles. The van der Waals surface area contributed by atoms with E-state index < -0.39 is 0 Å². The molecule has 0 spiro atoms. The Morgan fingerprint density at radius 3 is 2.61 bits per heavy atom. The predicted molar refractivity (Wildman–Crippen MR) is 111 cm³/mol. The molecule has 28 heavy (non-hydrogen) atoms. The first-order valence-corrected chi connectivity index (χ1v) is 9.88. The lowest BCUT2D eigenvalue weighted by atomic mass is 10.0. The summed E-state index contributed by atoms with van der Waals surface area (Å²) in [5.74, 6) is 0.00127. The number of ether oxygens (including phenoxy) is 1. The second-order valence-electron chi connectivity index (χ2n) is 7.33. The van der Waals surface area contributed by atoms with Gasteiger partial charge in [0, 0.05) is 24.2 Å². The third-order valence-electron chi connectivity index (χ3n) is 5.16. The standard InChI is InChI=1S/C23H28N2O3/c1-17-6-3-4-7-19(17)8-5-9-22(26)24-21-12-10-20(11-13-21)23(27)25-14-15-28-16-18(25)2/h3-4,6-7,10-13,18H,5,8-9,14-16H2,1-2H3,(H,24,26). The van der Waals surface area contributed by atoms with Gasteiger partial charge in [0.05, 0.1) is 19.3 Å². The maximum absolute atomic E-state index is 12.6. The van der Waals surface area contributed by atoms with E-state index in [-0.39, 0.29) is 17.9 Å². The molecule has 0 aliphatic carbocycles. The Bertz CT molecular complexity index is 817. The number of hydrogen-bond donors (Lipinski definition) is 1. The summed E-state index contributed by atoms with van der Waals surface area (Å²) in [6.07, 6.45) is 2.17. The quantitative estimate of drug-likeness (QED) is 0.829. The topological polar surface area (TPSA) is 58.6 Å². The number of nitrogens with one attached hydrogen (secondary N) is 1. The Hall–Kier alpha value is -2.66. The first-order valence-electron chi connectivity index (χ1n) is 9.88. The van der Waals surface area contributed by atoms with Crippen LogP contribution in [0.1, 0.15) is 41.3 Å². The van der Waals surface area contributed by atoms with E-state index in [1.54, 1.807) is 24.3 Å². The average molecular weight is 380 g/mol. The Labute approximate surface area is 166 Å². The lowest BCUT2D eigenvalue weighted by molar-refractivity contribution is -0.116. The number of nitrogens with zero attached hydrogens (tertiary/aromatic N) is 1. The minimum Gasteiger partial charge on any atom is -0.377 e. The van der Waals surface area contributed by atoms with E-state index in [0.717, 1.165) is 12.8 Å². The van der Waals surface area contributed by atoms with Crippen LogP contribution in [0.5, 0.6) is 0 Å². The van der Waals surface area contributed by atoms with Gasteiger partial charge in [-0.2, -0.15) is 0 Å². The molecule has 1 unspecified atom stereocenters. The highest BCUT2D eigenvalue weighted by Gasteiger charge is 2.24. The fourth-order valence-electron chi connectivity index (χ4n) is 3.44. The Morgan fingerprint density at radius 1 is 1.14 bits per heavy atom. The first-order chi connectivity index (χ1) is 13.5. The number of amides is 2. The number of anilines is 1. The Morgan fingerprint density at radius 2 is 1.89 bits per heavy atom. The van der Waals surface area contributed by atoms with Crippen LogP contribution in [0.15, 0.2) is 48.5 Å². The minimum atomic E-state index is -0.00513. The van der Waals surface area contributed by atoms with E-state index in [1.807, 2.05) is 24.0 Å². The molecule has 0 aromatic heterocycles. The third kappa shape index (κ3) is 5.20. The Kier molecular flexibility index (Phi) is 6.82. The van der Waals surface area contributed by atoms with Crippen molar-refractivity contribution >= 4 is 17.5 Å². The molecular weight excluding hydrogens is 352 g/mol. The molecule has 0 bridgehead atoms. The van der Waals surface area contributed by atoms with Gasteiger partial charge in [0.1, 0.15) is 0 Å². The summed E-state index contributed by atoms with van der Waals surface area (Å²) >= 11 is 0. The fourth-order valence-corrected chi connectivity index (χ4v) is 3.44. The molecule has 2 aromatic rings. The fraction of sp³-hybridized carbons (Fsp3) is 0.391. The molecule has 1 fully saturated rings. The van der Waals surface area contributed by atoms with Crippen LogP contribution in [0.4, 0.5) is 5.69 Å². The van der Waals surface area contributed by atoms with Gasteiger partial charge in [-0.25, -0.2) is 0 Å². The van der Waals surface area contributed by atoms with E-state index in [1.165, 1.54) is 11.1 Å². The molecule has 2 amide bonds. The van der Waals surface area contributed by atoms with E-state index in [9.17, 15) is 9.59 Å². The Balaban J connectivity index is 1.49. The van der Waals surface area contributed by atoms with Crippen LogP contribution in [-0.2, 0) is 16.0 Å². The second kappa shape index (κ2) is 9.51. The van der Waals surface area contributed by atoms with Crippen molar-refractivity contribution in [3.63, 3.8) is 0 Å². The van der Waals surface area contributed by atoms with Crippen LogP contribution in [0.2, 0.25) is 0 Å². The van der Waals surface area contributed by atoms with Crippen molar-refractivity contribution < 1.29 is 14.3 Å². The average Bonchev–Trinajstić information content (AvgIpc) is 2.70. The van der Waals surface area contributed by atoms with E-state index in [0.29, 0.717) is 37.4 Å². The number of hydrogen-bond acceptors (Lipinski definition) is 3. The molecule has 2 aromatic carbocycles. The summed E-state index contributed by atoms with van der Waals surface area (Å²) < 4.78 is 5.39.